The maximum absolute atomic E-state index is 12.9. The molecule has 1 aliphatic heterocycles. The van der Waals surface area contributed by atoms with Crippen molar-refractivity contribution in [2.24, 2.45) is 7.05 Å². The summed E-state index contributed by atoms with van der Waals surface area (Å²) in [6.45, 7) is 2.20. The Kier molecular flexibility index (Phi) is 5.34. The zero-order valence-corrected chi connectivity index (χ0v) is 17.5. The second-order valence-electron chi connectivity index (χ2n) is 6.78. The van der Waals surface area contributed by atoms with E-state index in [9.17, 15) is 9.59 Å². The van der Waals surface area contributed by atoms with Gasteiger partial charge in [0.15, 0.2) is 5.16 Å². The molecule has 148 valence electrons. The Labute approximate surface area is 177 Å². The Balaban J connectivity index is 1.58. The highest BCUT2D eigenvalue weighted by atomic mass is 35.5. The average molecular weight is 427 g/mol. The number of nitrogens with zero attached hydrogens (tertiary/aromatic N) is 3. The van der Waals surface area contributed by atoms with Crippen molar-refractivity contribution in [1.29, 1.82) is 0 Å². The highest BCUT2D eigenvalue weighted by molar-refractivity contribution is 7.99. The van der Waals surface area contributed by atoms with Crippen LogP contribution in [0.25, 0.3) is 0 Å². The van der Waals surface area contributed by atoms with Gasteiger partial charge in [-0.15, -0.1) is 0 Å². The van der Waals surface area contributed by atoms with Gasteiger partial charge in [-0.3, -0.25) is 9.59 Å². The number of imidazole rings is 1. The van der Waals surface area contributed by atoms with Crippen molar-refractivity contribution in [1.82, 2.24) is 9.55 Å². The molecule has 0 saturated carbocycles. The minimum atomic E-state index is -0.224. The molecule has 0 fully saturated rings. The smallest absolute Gasteiger partial charge is 0.255 e. The van der Waals surface area contributed by atoms with Crippen molar-refractivity contribution in [2.45, 2.75) is 23.4 Å². The number of benzene rings is 2. The summed E-state index contributed by atoms with van der Waals surface area (Å²) in [5.74, 6) is -0.214. The van der Waals surface area contributed by atoms with Gasteiger partial charge in [-0.25, -0.2) is 4.98 Å². The number of fused-ring (bicyclic) bond motifs is 1. The molecule has 0 unspecified atom stereocenters. The quantitative estimate of drug-likeness (QED) is 0.672. The van der Waals surface area contributed by atoms with Gasteiger partial charge in [0.25, 0.3) is 5.91 Å². The molecule has 1 aromatic heterocycles. The number of carbonyl (C=O) groups excluding carboxylic acids is 2. The second kappa shape index (κ2) is 7.93. The van der Waals surface area contributed by atoms with Crippen LogP contribution in [0.2, 0.25) is 5.02 Å². The van der Waals surface area contributed by atoms with Gasteiger partial charge in [-0.2, -0.15) is 0 Å². The molecule has 29 heavy (non-hydrogen) atoms. The van der Waals surface area contributed by atoms with Crippen LogP contribution in [-0.2, 0) is 18.3 Å². The van der Waals surface area contributed by atoms with E-state index in [-0.39, 0.29) is 11.8 Å². The van der Waals surface area contributed by atoms with Gasteiger partial charge in [0.05, 0.1) is 5.69 Å². The number of anilines is 2. The number of amides is 2. The molecule has 3 aromatic rings. The van der Waals surface area contributed by atoms with E-state index in [0.29, 0.717) is 22.8 Å². The van der Waals surface area contributed by atoms with E-state index in [4.69, 9.17) is 11.6 Å². The zero-order valence-electron chi connectivity index (χ0n) is 16.0. The third-order valence-corrected chi connectivity index (χ3v) is 6.17. The molecule has 2 amide bonds. The Bertz CT molecular complexity index is 1110. The van der Waals surface area contributed by atoms with Gasteiger partial charge < -0.3 is 14.8 Å². The van der Waals surface area contributed by atoms with E-state index in [1.54, 1.807) is 36.2 Å². The van der Waals surface area contributed by atoms with E-state index in [1.807, 2.05) is 36.0 Å². The van der Waals surface area contributed by atoms with Crippen molar-refractivity contribution in [3.05, 3.63) is 64.9 Å². The van der Waals surface area contributed by atoms with Crippen LogP contribution < -0.4 is 10.2 Å². The molecule has 0 radical (unpaired) electrons. The number of carbonyl (C=O) groups is 2. The van der Waals surface area contributed by atoms with E-state index < -0.39 is 0 Å². The van der Waals surface area contributed by atoms with E-state index in [2.05, 4.69) is 10.3 Å². The molecule has 0 saturated heterocycles. The summed E-state index contributed by atoms with van der Waals surface area (Å²) in [4.78, 5) is 31.5. The Morgan fingerprint density at radius 3 is 2.76 bits per heavy atom. The lowest BCUT2D eigenvalue weighted by molar-refractivity contribution is -0.116. The number of hydrogen-bond donors (Lipinski definition) is 1. The monoisotopic (exact) mass is 426 g/mol. The van der Waals surface area contributed by atoms with Gasteiger partial charge in [0.1, 0.15) is 0 Å². The predicted octanol–water partition coefficient (Wildman–Crippen LogP) is 4.39. The van der Waals surface area contributed by atoms with Crippen LogP contribution in [-0.4, -0.2) is 27.9 Å². The number of rotatable bonds is 4. The normalized spacial score (nSPS) is 12.7. The highest BCUT2D eigenvalue weighted by Crippen LogP contribution is 2.35. The zero-order chi connectivity index (χ0) is 20.5. The lowest BCUT2D eigenvalue weighted by atomic mass is 10.1. The average Bonchev–Trinajstić information content (AvgIpc) is 3.29. The van der Waals surface area contributed by atoms with E-state index in [1.165, 1.54) is 11.8 Å². The van der Waals surface area contributed by atoms with Gasteiger partial charge >= 0.3 is 0 Å². The SMILES string of the molecule is CC(=O)N1CCc2cc(C(=O)Nc3cc(Cl)ccc3Sc3nccn3C)ccc21. The number of aryl methyl sites for hydroxylation is 1. The third kappa shape index (κ3) is 4.02. The van der Waals surface area contributed by atoms with Crippen molar-refractivity contribution < 1.29 is 9.59 Å². The lowest BCUT2D eigenvalue weighted by Crippen LogP contribution is -2.25. The number of halogens is 1. The van der Waals surface area contributed by atoms with Crippen LogP contribution in [0.3, 0.4) is 0 Å². The molecule has 0 bridgehead atoms. The minimum Gasteiger partial charge on any atom is -0.329 e. The first-order valence-electron chi connectivity index (χ1n) is 9.09. The maximum Gasteiger partial charge on any atom is 0.255 e. The van der Waals surface area contributed by atoms with Crippen LogP contribution in [0, 0.1) is 0 Å². The first-order chi connectivity index (χ1) is 13.9. The van der Waals surface area contributed by atoms with Crippen LogP contribution in [0.15, 0.2) is 58.8 Å². The van der Waals surface area contributed by atoms with Gasteiger partial charge in [0.2, 0.25) is 5.91 Å². The molecule has 1 aliphatic rings. The third-order valence-electron chi connectivity index (χ3n) is 4.79. The summed E-state index contributed by atoms with van der Waals surface area (Å²) in [7, 11) is 1.92. The van der Waals surface area contributed by atoms with Crippen LogP contribution in [0.1, 0.15) is 22.8 Å². The number of aromatic nitrogens is 2. The molecule has 4 rings (SSSR count). The number of hydrogen-bond acceptors (Lipinski definition) is 4. The molecule has 0 spiro atoms. The van der Waals surface area contributed by atoms with Crippen LogP contribution >= 0.6 is 23.4 Å². The summed E-state index contributed by atoms with van der Waals surface area (Å²) in [6, 6.07) is 10.8. The Morgan fingerprint density at radius 2 is 2.03 bits per heavy atom. The molecule has 2 heterocycles. The van der Waals surface area contributed by atoms with Crippen LogP contribution in [0.4, 0.5) is 11.4 Å². The largest absolute Gasteiger partial charge is 0.329 e. The minimum absolute atomic E-state index is 0.0100. The first-order valence-corrected chi connectivity index (χ1v) is 10.3. The fourth-order valence-corrected chi connectivity index (χ4v) is 4.35. The van der Waals surface area contributed by atoms with Crippen molar-refractivity contribution in [2.75, 3.05) is 16.8 Å². The highest BCUT2D eigenvalue weighted by Gasteiger charge is 2.23. The maximum atomic E-state index is 12.9. The van der Waals surface area contributed by atoms with Crippen molar-refractivity contribution >= 4 is 46.6 Å². The summed E-state index contributed by atoms with van der Waals surface area (Å²) >= 11 is 7.61. The topological polar surface area (TPSA) is 67.2 Å². The summed E-state index contributed by atoms with van der Waals surface area (Å²) in [6.07, 6.45) is 4.34. The standard InChI is InChI=1S/C21H19ClN4O2S/c1-13(27)26-9-7-14-11-15(3-5-18(14)26)20(28)24-17-12-16(22)4-6-19(17)29-21-23-8-10-25(21)2/h3-6,8,10-12H,7,9H2,1-2H3,(H,24,28). The molecule has 0 atom stereocenters. The van der Waals surface area contributed by atoms with Crippen molar-refractivity contribution in [3.63, 3.8) is 0 Å². The molecular formula is C21H19ClN4O2S. The Morgan fingerprint density at radius 1 is 1.21 bits per heavy atom. The van der Waals surface area contributed by atoms with Gasteiger partial charge in [0, 0.05) is 54.1 Å². The summed E-state index contributed by atoms with van der Waals surface area (Å²) < 4.78 is 1.91. The lowest BCUT2D eigenvalue weighted by Gasteiger charge is -2.15. The fraction of sp³-hybridized carbons (Fsp3) is 0.190. The molecule has 6 nitrogen and oxygen atoms in total. The van der Waals surface area contributed by atoms with Crippen LogP contribution in [0.5, 0.6) is 0 Å². The molecule has 8 heteroatoms. The molecular weight excluding hydrogens is 408 g/mol. The fourth-order valence-electron chi connectivity index (χ4n) is 3.30. The Hall–Kier alpha value is -2.77. The molecule has 1 N–H and O–H groups in total. The predicted molar refractivity (Wildman–Crippen MR) is 115 cm³/mol. The molecule has 2 aromatic carbocycles. The van der Waals surface area contributed by atoms with E-state index in [0.717, 1.165) is 27.7 Å². The summed E-state index contributed by atoms with van der Waals surface area (Å²) in [5, 5.41) is 4.31. The van der Waals surface area contributed by atoms with E-state index >= 15 is 0 Å². The van der Waals surface area contributed by atoms with Gasteiger partial charge in [-0.1, -0.05) is 11.6 Å². The first kappa shape index (κ1) is 19.5. The number of nitrogens with one attached hydrogen (secondary N) is 1. The summed E-state index contributed by atoms with van der Waals surface area (Å²) in [5.41, 5.74) is 3.05. The molecule has 0 aliphatic carbocycles. The van der Waals surface area contributed by atoms with Gasteiger partial charge in [-0.05, 0) is 60.1 Å². The van der Waals surface area contributed by atoms with Crippen molar-refractivity contribution in [3.8, 4) is 0 Å². The second-order valence-corrected chi connectivity index (χ2v) is 8.23.